The van der Waals surface area contributed by atoms with E-state index in [1.807, 2.05) is 0 Å². The molecule has 0 aliphatic heterocycles. The molecule has 0 aliphatic carbocycles. The summed E-state index contributed by atoms with van der Waals surface area (Å²) in [6.07, 6.45) is 0. The Bertz CT molecular complexity index is 67.4. The van der Waals surface area contributed by atoms with E-state index < -0.39 is 7.82 Å². The summed E-state index contributed by atoms with van der Waals surface area (Å²) in [5, 5.41) is 0. The minimum atomic E-state index is -5.14. The summed E-state index contributed by atoms with van der Waals surface area (Å²) in [6.45, 7) is 0. The van der Waals surface area contributed by atoms with Gasteiger partial charge in [-0.15, -0.1) is 0 Å². The van der Waals surface area contributed by atoms with E-state index in [4.69, 9.17) is 19.2 Å². The van der Waals surface area contributed by atoms with Gasteiger partial charge in [0.25, 0.3) is 0 Å². The number of hydrogen-bond acceptors (Lipinski definition) is 3. The fourth-order valence-electron chi connectivity index (χ4n) is 0. The molecule has 0 amide bonds. The number of hydrogen-bond donors (Lipinski definition) is 1. The molecule has 0 rings (SSSR count). The van der Waals surface area contributed by atoms with Crippen LogP contribution in [0.3, 0.4) is 0 Å². The van der Waals surface area contributed by atoms with Crippen molar-refractivity contribution in [3.63, 3.8) is 0 Å². The molecule has 10 heavy (non-hydrogen) atoms. The molecule has 1 N–H and O–H groups in total. The first-order chi connectivity index (χ1) is 2.00. The topological polar surface area (TPSA) is 83.4 Å². The Morgan fingerprint density at radius 3 is 1.10 bits per heavy atom. The zero-order valence-electron chi connectivity index (χ0n) is 5.58. The molecule has 0 aromatic heterocycles. The summed E-state index contributed by atoms with van der Waals surface area (Å²) in [5.74, 6) is 0. The predicted molar refractivity (Wildman–Crippen MR) is 15.6 cm³/mol. The molecule has 0 aromatic rings. The maximum absolute atomic E-state index is 8.66. The Hall–Kier alpha value is 3.95. The van der Waals surface area contributed by atoms with Crippen LogP contribution < -0.4 is 93.7 Å². The van der Waals surface area contributed by atoms with Crippen LogP contribution in [0.25, 0.3) is 0 Å². The largest absolute Gasteiger partial charge is 2.00 e. The molecule has 0 unspecified atom stereocenters. The molecule has 10 heteroatoms. The third-order valence-electron chi connectivity index (χ3n) is 0. The first-order valence-electron chi connectivity index (χ1n) is 0.748. The summed E-state index contributed by atoms with van der Waals surface area (Å²) in [5.41, 5.74) is 0. The summed E-state index contributed by atoms with van der Waals surface area (Å²) >= 11 is 0. The van der Waals surface area contributed by atoms with Crippen molar-refractivity contribution in [3.05, 3.63) is 0 Å². The minimum Gasteiger partial charge on any atom is -1.00 e. The molecule has 0 saturated carbocycles. The molecule has 0 radical (unpaired) electrons. The van der Waals surface area contributed by atoms with Crippen molar-refractivity contribution >= 4 is 45.6 Å². The number of phosphoric acid groups is 1. The first kappa shape index (κ1) is 37.0. The molecule has 0 aliphatic rings. The molecule has 0 saturated heterocycles. The van der Waals surface area contributed by atoms with E-state index in [9.17, 15) is 0 Å². The van der Waals surface area contributed by atoms with Gasteiger partial charge in [0, 0.05) is 0 Å². The molecule has 0 spiro atoms. The van der Waals surface area contributed by atoms with Crippen molar-refractivity contribution in [3.8, 4) is 0 Å². The molecule has 0 fully saturated rings. The third kappa shape index (κ3) is 91.8. The van der Waals surface area contributed by atoms with Gasteiger partial charge >= 0.3 is 96.9 Å². The molecule has 0 atom stereocenters. The Balaban J connectivity index is -0.00000000800. The summed E-state index contributed by atoms with van der Waals surface area (Å²) in [6, 6.07) is 0. The average Bonchev–Trinajstić information content (AvgIpc) is 0.722. The Morgan fingerprint density at radius 1 is 1.10 bits per heavy atom. The van der Waals surface area contributed by atoms with Crippen molar-refractivity contribution in [1.82, 2.24) is 0 Å². The minimum absolute atomic E-state index is 0. The smallest absolute Gasteiger partial charge is 1.00 e. The molecule has 0 bridgehead atoms. The van der Waals surface area contributed by atoms with Gasteiger partial charge in [0.1, 0.15) is 0 Å². The molecule has 4 nitrogen and oxygen atoms in total. The van der Waals surface area contributed by atoms with Crippen molar-refractivity contribution < 1.29 is 103 Å². The maximum atomic E-state index is 8.66. The maximum Gasteiger partial charge on any atom is 2.00 e. The Morgan fingerprint density at radius 2 is 1.10 bits per heavy atom. The van der Waals surface area contributed by atoms with Crippen molar-refractivity contribution in [2.24, 2.45) is 0 Å². The summed E-state index contributed by atoms with van der Waals surface area (Å²) in [7, 11) is -5.14. The van der Waals surface area contributed by atoms with Gasteiger partial charge in [0.2, 0.25) is 0 Å². The van der Waals surface area contributed by atoms with Crippen LogP contribution >= 0.6 is 7.82 Å². The van der Waals surface area contributed by atoms with E-state index in [-0.39, 0.29) is 122 Å². The monoisotopic (exact) mass is 252 g/mol. The second-order valence-electron chi connectivity index (χ2n) is 0.469. The molecule has 0 heterocycles. The zero-order chi connectivity index (χ0) is 4.50. The third-order valence-corrected chi connectivity index (χ3v) is 0. The van der Waals surface area contributed by atoms with Gasteiger partial charge in [-0.1, -0.05) is 0 Å². The van der Waals surface area contributed by atoms with Gasteiger partial charge in [-0.25, -0.2) is 0 Å². The van der Waals surface area contributed by atoms with Crippen molar-refractivity contribution in [1.29, 1.82) is 0 Å². The Kier molecular flexibility index (Phi) is 69.1. The molecule has 48 valence electrons. The fraction of sp³-hybridized carbons (Fsp3) is 0. The Labute approximate surface area is 146 Å². The van der Waals surface area contributed by atoms with E-state index in [0.717, 1.165) is 0 Å². The van der Waals surface area contributed by atoms with Crippen LogP contribution in [0.15, 0.2) is 0 Å². The predicted octanol–water partition coefficient (Wildman–Crippen LogP) is -14.6. The zero-order valence-corrected chi connectivity index (χ0v) is 14.2. The normalized spacial score (nSPS) is 5.90. The van der Waals surface area contributed by atoms with Gasteiger partial charge in [-0.05, 0) is 0 Å². The fourth-order valence-corrected chi connectivity index (χ4v) is 0. The van der Waals surface area contributed by atoms with E-state index in [1.54, 1.807) is 0 Å². The van der Waals surface area contributed by atoms with Crippen LogP contribution in [0.1, 0.15) is 0 Å². The second-order valence-corrected chi connectivity index (χ2v) is 1.41. The van der Waals surface area contributed by atoms with Crippen LogP contribution in [-0.4, -0.2) is 42.6 Å². The summed E-state index contributed by atoms with van der Waals surface area (Å²) < 4.78 is 8.66. The first-order valence-corrected chi connectivity index (χ1v) is 2.24. The molecular formula is HCaCl2Na2O4P. The van der Waals surface area contributed by atoms with Gasteiger partial charge in [-0.2, -0.15) is 0 Å². The van der Waals surface area contributed by atoms with Gasteiger partial charge < -0.3 is 44.1 Å². The summed E-state index contributed by atoms with van der Waals surface area (Å²) in [4.78, 5) is 24.3. The van der Waals surface area contributed by atoms with Crippen LogP contribution in [0.2, 0.25) is 0 Å². The van der Waals surface area contributed by atoms with E-state index in [1.165, 1.54) is 0 Å². The standard InChI is InChI=1S/Ca.2ClH.2Na.H3O4P/c;;;;;1-5(2,3)4/h;2*1H;;;(H3,1,2,3,4)/q+2;;;2*+1;/p-4. The van der Waals surface area contributed by atoms with Crippen LogP contribution in [0.5, 0.6) is 0 Å². The second kappa shape index (κ2) is 18.7. The van der Waals surface area contributed by atoms with Gasteiger partial charge in [0.05, 0.1) is 7.82 Å². The number of rotatable bonds is 0. The van der Waals surface area contributed by atoms with Crippen LogP contribution in [0.4, 0.5) is 0 Å². The van der Waals surface area contributed by atoms with E-state index in [2.05, 4.69) is 0 Å². The SMILES string of the molecule is O=P([O-])([O-])O.[Ca+2].[Cl-].[Cl-].[Na+].[Na+]. The van der Waals surface area contributed by atoms with Crippen LogP contribution in [0, 0.1) is 0 Å². The number of halogens is 2. The van der Waals surface area contributed by atoms with E-state index in [0.29, 0.717) is 0 Å². The van der Waals surface area contributed by atoms with Crippen molar-refractivity contribution in [2.75, 3.05) is 0 Å². The molecular weight excluding hydrogens is 252 g/mol. The quantitative estimate of drug-likeness (QED) is 0.343. The van der Waals surface area contributed by atoms with Gasteiger partial charge in [-0.3, -0.25) is 0 Å². The average molecular weight is 253 g/mol. The van der Waals surface area contributed by atoms with E-state index >= 15 is 0 Å². The van der Waals surface area contributed by atoms with Gasteiger partial charge in [0.15, 0.2) is 0 Å². The van der Waals surface area contributed by atoms with Crippen molar-refractivity contribution in [2.45, 2.75) is 0 Å². The molecule has 0 aromatic carbocycles. The van der Waals surface area contributed by atoms with Crippen LogP contribution in [-0.2, 0) is 4.57 Å².